The molecule has 7 heteroatoms. The van der Waals surface area contributed by atoms with Gasteiger partial charge in [-0.3, -0.25) is 13.9 Å². The zero-order chi connectivity index (χ0) is 16.4. The summed E-state index contributed by atoms with van der Waals surface area (Å²) in [5.41, 5.74) is 1.31. The minimum absolute atomic E-state index is 0.00705. The van der Waals surface area contributed by atoms with Crippen LogP contribution in [0.4, 0.5) is 5.69 Å². The number of hydrogen-bond acceptors (Lipinski definition) is 5. The van der Waals surface area contributed by atoms with E-state index in [9.17, 15) is 14.7 Å². The lowest BCUT2D eigenvalue weighted by Crippen LogP contribution is -2.39. The zero-order valence-corrected chi connectivity index (χ0v) is 13.5. The normalized spacial score (nSPS) is 11.1. The summed E-state index contributed by atoms with van der Waals surface area (Å²) in [7, 11) is 3.07. The van der Waals surface area contributed by atoms with Crippen LogP contribution in [-0.2, 0) is 20.5 Å². The number of aliphatic hydroxyl groups excluding tert-OH is 1. The van der Waals surface area contributed by atoms with E-state index in [1.165, 1.54) is 11.6 Å². The Bertz CT molecular complexity index is 807. The third-order valence-corrected chi connectivity index (χ3v) is 3.97. The van der Waals surface area contributed by atoms with Crippen molar-refractivity contribution in [1.29, 1.82) is 0 Å². The Morgan fingerprint density at radius 1 is 1.23 bits per heavy atom. The van der Waals surface area contributed by atoms with Crippen LogP contribution in [0.3, 0.4) is 0 Å². The molecular formula is C15H22N4O3. The molecule has 0 atom stereocenters. The standard InChI is InChI=1S/C15H22N4O3/c1-5-10-9-16-13-11(12(10)19(6-2)7-8-20)14(21)18(4)15(22)17(13)3/h9,20H,5-8H2,1-4H3. The van der Waals surface area contributed by atoms with Crippen molar-refractivity contribution in [1.82, 2.24) is 14.1 Å². The fraction of sp³-hybridized carbons (Fsp3) is 0.533. The summed E-state index contributed by atoms with van der Waals surface area (Å²) in [5, 5.41) is 9.72. The van der Waals surface area contributed by atoms with E-state index >= 15 is 0 Å². The highest BCUT2D eigenvalue weighted by Gasteiger charge is 2.20. The molecule has 1 N–H and O–H groups in total. The van der Waals surface area contributed by atoms with Gasteiger partial charge in [0, 0.05) is 33.4 Å². The maximum absolute atomic E-state index is 12.6. The number of anilines is 1. The highest BCUT2D eigenvalue weighted by Crippen LogP contribution is 2.26. The fourth-order valence-electron chi connectivity index (χ4n) is 2.72. The van der Waals surface area contributed by atoms with Crippen molar-refractivity contribution >= 4 is 16.7 Å². The fourth-order valence-corrected chi connectivity index (χ4v) is 2.72. The number of rotatable bonds is 5. The van der Waals surface area contributed by atoms with Gasteiger partial charge in [-0.15, -0.1) is 0 Å². The van der Waals surface area contributed by atoms with Crippen LogP contribution in [0.25, 0.3) is 11.0 Å². The number of aryl methyl sites for hydroxylation is 2. The first-order chi connectivity index (χ1) is 10.5. The van der Waals surface area contributed by atoms with Gasteiger partial charge in [0.05, 0.1) is 12.3 Å². The van der Waals surface area contributed by atoms with Gasteiger partial charge in [0.1, 0.15) is 5.39 Å². The predicted octanol–water partition coefficient (Wildman–Crippen LogP) is 0.0132. The molecule has 120 valence electrons. The molecular weight excluding hydrogens is 284 g/mol. The third-order valence-electron chi connectivity index (χ3n) is 3.97. The molecule has 0 saturated heterocycles. The number of hydrogen-bond donors (Lipinski definition) is 1. The molecule has 0 aromatic carbocycles. The topological polar surface area (TPSA) is 80.4 Å². The van der Waals surface area contributed by atoms with Gasteiger partial charge in [-0.2, -0.15) is 0 Å². The molecule has 2 heterocycles. The van der Waals surface area contributed by atoms with Crippen LogP contribution in [-0.4, -0.2) is 38.9 Å². The van der Waals surface area contributed by atoms with E-state index in [0.29, 0.717) is 30.5 Å². The average molecular weight is 306 g/mol. The molecule has 0 aliphatic rings. The lowest BCUT2D eigenvalue weighted by Gasteiger charge is -2.26. The summed E-state index contributed by atoms with van der Waals surface area (Å²) >= 11 is 0. The van der Waals surface area contributed by atoms with E-state index in [0.717, 1.165) is 15.8 Å². The Morgan fingerprint density at radius 3 is 2.45 bits per heavy atom. The second kappa shape index (κ2) is 6.31. The number of aromatic nitrogens is 3. The minimum Gasteiger partial charge on any atom is -0.395 e. The average Bonchev–Trinajstić information content (AvgIpc) is 2.54. The molecule has 2 aromatic rings. The van der Waals surface area contributed by atoms with Crippen LogP contribution in [0.1, 0.15) is 19.4 Å². The maximum atomic E-state index is 12.6. The van der Waals surface area contributed by atoms with Crippen molar-refractivity contribution in [3.05, 3.63) is 32.6 Å². The zero-order valence-electron chi connectivity index (χ0n) is 13.5. The second-order valence-corrected chi connectivity index (χ2v) is 5.19. The largest absolute Gasteiger partial charge is 0.395 e. The van der Waals surface area contributed by atoms with Crippen molar-refractivity contribution in [2.45, 2.75) is 20.3 Å². The molecule has 0 radical (unpaired) electrons. The molecule has 0 spiro atoms. The van der Waals surface area contributed by atoms with Gasteiger partial charge in [-0.25, -0.2) is 9.78 Å². The summed E-state index contributed by atoms with van der Waals surface area (Å²) in [5.74, 6) is 0. The number of pyridine rings is 1. The van der Waals surface area contributed by atoms with E-state index in [-0.39, 0.29) is 12.2 Å². The van der Waals surface area contributed by atoms with E-state index < -0.39 is 5.69 Å². The van der Waals surface area contributed by atoms with E-state index in [4.69, 9.17) is 0 Å². The van der Waals surface area contributed by atoms with Gasteiger partial charge in [0.2, 0.25) is 0 Å². The Labute approximate surface area is 128 Å². The van der Waals surface area contributed by atoms with Crippen molar-refractivity contribution in [3.63, 3.8) is 0 Å². The molecule has 2 aromatic heterocycles. The lowest BCUT2D eigenvalue weighted by molar-refractivity contribution is 0.302. The predicted molar refractivity (Wildman–Crippen MR) is 86.6 cm³/mol. The summed E-state index contributed by atoms with van der Waals surface area (Å²) < 4.78 is 2.48. The molecule has 0 bridgehead atoms. The minimum atomic E-state index is -0.398. The van der Waals surface area contributed by atoms with E-state index in [2.05, 4.69) is 4.98 Å². The molecule has 22 heavy (non-hydrogen) atoms. The van der Waals surface area contributed by atoms with Crippen molar-refractivity contribution < 1.29 is 5.11 Å². The van der Waals surface area contributed by atoms with Crippen LogP contribution in [0.2, 0.25) is 0 Å². The van der Waals surface area contributed by atoms with Gasteiger partial charge in [-0.05, 0) is 18.9 Å². The van der Waals surface area contributed by atoms with Gasteiger partial charge in [0.25, 0.3) is 5.56 Å². The number of fused-ring (bicyclic) bond motifs is 1. The first-order valence-corrected chi connectivity index (χ1v) is 7.41. The number of likely N-dealkylation sites (N-methyl/N-ethyl adjacent to an activating group) is 1. The van der Waals surface area contributed by atoms with Crippen molar-refractivity contribution in [2.75, 3.05) is 24.6 Å². The van der Waals surface area contributed by atoms with Crippen molar-refractivity contribution in [2.24, 2.45) is 14.1 Å². The summed E-state index contributed by atoms with van der Waals surface area (Å²) in [6.07, 6.45) is 2.42. The number of aliphatic hydroxyl groups is 1. The molecule has 7 nitrogen and oxygen atoms in total. The SMILES string of the molecule is CCc1cnc2c(c1N(CC)CCO)c(=O)n(C)c(=O)n2C. The molecule has 0 unspecified atom stereocenters. The van der Waals surface area contributed by atoms with Crippen molar-refractivity contribution in [3.8, 4) is 0 Å². The van der Waals surface area contributed by atoms with Gasteiger partial charge < -0.3 is 10.0 Å². The van der Waals surface area contributed by atoms with Crippen LogP contribution < -0.4 is 16.1 Å². The molecule has 0 aliphatic carbocycles. The molecule has 0 fully saturated rings. The summed E-state index contributed by atoms with van der Waals surface area (Å²) in [6.45, 7) is 5.03. The van der Waals surface area contributed by atoms with Crippen LogP contribution >= 0.6 is 0 Å². The number of nitrogens with zero attached hydrogens (tertiary/aromatic N) is 4. The highest BCUT2D eigenvalue weighted by molar-refractivity contribution is 5.90. The first-order valence-electron chi connectivity index (χ1n) is 7.41. The Morgan fingerprint density at radius 2 is 1.91 bits per heavy atom. The van der Waals surface area contributed by atoms with E-state index in [1.54, 1.807) is 13.2 Å². The molecule has 2 rings (SSSR count). The van der Waals surface area contributed by atoms with E-state index in [1.807, 2.05) is 18.7 Å². The summed E-state index contributed by atoms with van der Waals surface area (Å²) in [4.78, 5) is 31.0. The monoisotopic (exact) mass is 306 g/mol. The van der Waals surface area contributed by atoms with Gasteiger partial charge in [-0.1, -0.05) is 6.92 Å². The first kappa shape index (κ1) is 16.2. The summed E-state index contributed by atoms with van der Waals surface area (Å²) in [6, 6.07) is 0. The van der Waals surface area contributed by atoms with Gasteiger partial charge in [0.15, 0.2) is 5.65 Å². The lowest BCUT2D eigenvalue weighted by atomic mass is 10.1. The van der Waals surface area contributed by atoms with Crippen LogP contribution in [0.15, 0.2) is 15.8 Å². The molecule has 0 saturated carbocycles. The Hall–Kier alpha value is -2.15. The van der Waals surface area contributed by atoms with Crippen LogP contribution in [0.5, 0.6) is 0 Å². The van der Waals surface area contributed by atoms with Crippen LogP contribution in [0, 0.1) is 0 Å². The quantitative estimate of drug-likeness (QED) is 0.842. The maximum Gasteiger partial charge on any atom is 0.332 e. The second-order valence-electron chi connectivity index (χ2n) is 5.19. The molecule has 0 aliphatic heterocycles. The Kier molecular flexibility index (Phi) is 4.65. The Balaban J connectivity index is 2.99. The highest BCUT2D eigenvalue weighted by atomic mass is 16.3. The molecule has 0 amide bonds. The smallest absolute Gasteiger partial charge is 0.332 e. The van der Waals surface area contributed by atoms with Gasteiger partial charge >= 0.3 is 5.69 Å². The third kappa shape index (κ3) is 2.41.